The molecule has 2 rings (SSSR count). The molecule has 0 bridgehead atoms. The van der Waals surface area contributed by atoms with Crippen molar-refractivity contribution in [3.05, 3.63) is 33.9 Å². The van der Waals surface area contributed by atoms with Gasteiger partial charge in [0.25, 0.3) is 11.6 Å². The van der Waals surface area contributed by atoms with Gasteiger partial charge in [-0.05, 0) is 30.9 Å². The summed E-state index contributed by atoms with van der Waals surface area (Å²) in [5.74, 6) is -0.567. The van der Waals surface area contributed by atoms with Crippen LogP contribution in [0, 0.1) is 28.9 Å². The Balaban J connectivity index is 1.87. The van der Waals surface area contributed by atoms with Crippen LogP contribution in [0.4, 0.5) is 11.4 Å². The van der Waals surface area contributed by atoms with Crippen LogP contribution in [0.3, 0.4) is 0 Å². The van der Waals surface area contributed by atoms with Gasteiger partial charge in [-0.1, -0.05) is 6.92 Å². The van der Waals surface area contributed by atoms with E-state index in [0.29, 0.717) is 17.2 Å². The van der Waals surface area contributed by atoms with Gasteiger partial charge >= 0.3 is 5.97 Å². The van der Waals surface area contributed by atoms with Gasteiger partial charge < -0.3 is 10.1 Å². The minimum atomic E-state index is -0.503. The lowest BCUT2D eigenvalue weighted by Gasteiger charge is -2.08. The number of nitro groups is 1. The first-order valence-corrected chi connectivity index (χ1v) is 6.60. The number of ether oxygens (including phenoxy) is 1. The summed E-state index contributed by atoms with van der Waals surface area (Å²) in [6.07, 6.45) is 0.807. The Morgan fingerprint density at radius 1 is 1.48 bits per heavy atom. The van der Waals surface area contributed by atoms with E-state index in [9.17, 15) is 19.7 Å². The number of carbonyl (C=O) groups excluding carboxylic acids is 2. The number of aryl methyl sites for hydroxylation is 1. The van der Waals surface area contributed by atoms with Crippen molar-refractivity contribution in [3.63, 3.8) is 0 Å². The molecule has 0 saturated heterocycles. The van der Waals surface area contributed by atoms with Crippen molar-refractivity contribution < 1.29 is 19.2 Å². The van der Waals surface area contributed by atoms with Gasteiger partial charge in [0.15, 0.2) is 6.61 Å². The van der Waals surface area contributed by atoms with E-state index < -0.39 is 10.8 Å². The Kier molecular flexibility index (Phi) is 4.21. The molecule has 1 aliphatic rings. The second-order valence-electron chi connectivity index (χ2n) is 5.23. The second-order valence-corrected chi connectivity index (χ2v) is 5.23. The fourth-order valence-corrected chi connectivity index (χ4v) is 1.98. The normalized spacial score (nSPS) is 19.7. The summed E-state index contributed by atoms with van der Waals surface area (Å²) < 4.78 is 4.91. The number of anilines is 1. The number of nitro benzene ring substituents is 1. The summed E-state index contributed by atoms with van der Waals surface area (Å²) >= 11 is 0. The number of nitrogens with one attached hydrogen (secondary N) is 1. The molecule has 7 nitrogen and oxygen atoms in total. The van der Waals surface area contributed by atoms with Gasteiger partial charge in [-0.2, -0.15) is 0 Å². The molecule has 0 radical (unpaired) electrons. The molecule has 1 aromatic carbocycles. The van der Waals surface area contributed by atoms with E-state index >= 15 is 0 Å². The Morgan fingerprint density at radius 2 is 2.14 bits per heavy atom. The van der Waals surface area contributed by atoms with Gasteiger partial charge in [0, 0.05) is 17.8 Å². The Bertz CT molecular complexity index is 599. The van der Waals surface area contributed by atoms with Gasteiger partial charge in [-0.15, -0.1) is 0 Å². The van der Waals surface area contributed by atoms with E-state index in [4.69, 9.17) is 4.74 Å². The molecule has 7 heteroatoms. The monoisotopic (exact) mass is 292 g/mol. The van der Waals surface area contributed by atoms with Crippen LogP contribution in [0.2, 0.25) is 0 Å². The molecule has 0 heterocycles. The van der Waals surface area contributed by atoms with Crippen LogP contribution in [0.5, 0.6) is 0 Å². The van der Waals surface area contributed by atoms with Crippen LogP contribution >= 0.6 is 0 Å². The van der Waals surface area contributed by atoms with Gasteiger partial charge in [0.1, 0.15) is 0 Å². The number of benzene rings is 1. The summed E-state index contributed by atoms with van der Waals surface area (Å²) in [5, 5.41) is 13.2. The van der Waals surface area contributed by atoms with Crippen LogP contribution in [-0.4, -0.2) is 23.4 Å². The predicted molar refractivity (Wildman–Crippen MR) is 74.7 cm³/mol. The molecule has 0 aliphatic heterocycles. The molecule has 1 N–H and O–H groups in total. The SMILES string of the molecule is Cc1cc([N+](=O)[O-])ccc1NC(=O)COC(=O)[C@@H]1C[C@H]1C. The van der Waals surface area contributed by atoms with Crippen molar-refractivity contribution in [3.8, 4) is 0 Å². The molecule has 0 unspecified atom stereocenters. The maximum absolute atomic E-state index is 11.7. The minimum absolute atomic E-state index is 0.0420. The van der Waals surface area contributed by atoms with Crippen molar-refractivity contribution >= 4 is 23.3 Å². The topological polar surface area (TPSA) is 98.5 Å². The maximum atomic E-state index is 11.7. The van der Waals surface area contributed by atoms with Crippen LogP contribution in [0.25, 0.3) is 0 Å². The summed E-state index contributed by atoms with van der Waals surface area (Å²) in [4.78, 5) is 33.3. The van der Waals surface area contributed by atoms with Gasteiger partial charge in [-0.25, -0.2) is 0 Å². The number of rotatable bonds is 5. The molecule has 2 atom stereocenters. The molecule has 0 spiro atoms. The molecule has 1 saturated carbocycles. The number of carbonyl (C=O) groups is 2. The lowest BCUT2D eigenvalue weighted by molar-refractivity contribution is -0.384. The number of hydrogen-bond acceptors (Lipinski definition) is 5. The molecule has 0 aromatic heterocycles. The quantitative estimate of drug-likeness (QED) is 0.508. The van der Waals surface area contributed by atoms with Crippen molar-refractivity contribution in [2.45, 2.75) is 20.3 Å². The van der Waals surface area contributed by atoms with Gasteiger partial charge in [0.2, 0.25) is 0 Å². The van der Waals surface area contributed by atoms with E-state index in [-0.39, 0.29) is 24.2 Å². The fourth-order valence-electron chi connectivity index (χ4n) is 1.98. The standard InChI is InChI=1S/C14H16N2O5/c1-8-6-11(8)14(18)21-7-13(17)15-12-4-3-10(16(19)20)5-9(12)2/h3-5,8,11H,6-7H2,1-2H3,(H,15,17)/t8-,11-/m1/s1. The fraction of sp³-hybridized carbons (Fsp3) is 0.429. The molecule has 21 heavy (non-hydrogen) atoms. The van der Waals surface area contributed by atoms with Crippen molar-refractivity contribution in [2.24, 2.45) is 11.8 Å². The molecule has 1 fully saturated rings. The number of esters is 1. The van der Waals surface area contributed by atoms with Crippen LogP contribution in [0.15, 0.2) is 18.2 Å². The highest BCUT2D eigenvalue weighted by molar-refractivity contribution is 5.93. The largest absolute Gasteiger partial charge is 0.455 e. The number of non-ortho nitro benzene ring substituents is 1. The first-order chi connectivity index (χ1) is 9.88. The Hall–Kier alpha value is -2.44. The summed E-state index contributed by atoms with van der Waals surface area (Å²) in [6.45, 7) is 3.26. The zero-order valence-corrected chi connectivity index (χ0v) is 11.8. The van der Waals surface area contributed by atoms with E-state index in [1.807, 2.05) is 6.92 Å². The average Bonchev–Trinajstić information content (AvgIpc) is 3.15. The third-order valence-corrected chi connectivity index (χ3v) is 3.45. The van der Waals surface area contributed by atoms with Crippen molar-refractivity contribution in [1.82, 2.24) is 0 Å². The van der Waals surface area contributed by atoms with E-state index in [0.717, 1.165) is 6.42 Å². The van der Waals surface area contributed by atoms with E-state index in [1.165, 1.54) is 18.2 Å². The van der Waals surface area contributed by atoms with Crippen molar-refractivity contribution in [1.29, 1.82) is 0 Å². The van der Waals surface area contributed by atoms with Gasteiger partial charge in [0.05, 0.1) is 10.8 Å². The number of nitrogens with zero attached hydrogens (tertiary/aromatic N) is 1. The molecule has 1 aromatic rings. The third kappa shape index (κ3) is 3.77. The van der Waals surface area contributed by atoms with Crippen LogP contribution < -0.4 is 5.32 Å². The smallest absolute Gasteiger partial charge is 0.309 e. The second kappa shape index (κ2) is 5.90. The average molecular weight is 292 g/mol. The Morgan fingerprint density at radius 3 is 2.67 bits per heavy atom. The summed E-state index contributed by atoms with van der Waals surface area (Å²) in [7, 11) is 0. The van der Waals surface area contributed by atoms with Crippen molar-refractivity contribution in [2.75, 3.05) is 11.9 Å². The van der Waals surface area contributed by atoms with Crippen LogP contribution in [-0.2, 0) is 14.3 Å². The molecular formula is C14H16N2O5. The molecule has 112 valence electrons. The summed E-state index contributed by atoms with van der Waals surface area (Å²) in [6, 6.07) is 4.13. The number of hydrogen-bond donors (Lipinski definition) is 1. The first-order valence-electron chi connectivity index (χ1n) is 6.60. The lowest BCUT2D eigenvalue weighted by Crippen LogP contribution is -2.22. The maximum Gasteiger partial charge on any atom is 0.309 e. The molecular weight excluding hydrogens is 276 g/mol. The minimum Gasteiger partial charge on any atom is -0.455 e. The Labute approximate surface area is 121 Å². The van der Waals surface area contributed by atoms with Gasteiger partial charge in [-0.3, -0.25) is 19.7 Å². The zero-order chi connectivity index (χ0) is 15.6. The summed E-state index contributed by atoms with van der Waals surface area (Å²) in [5.41, 5.74) is 0.987. The zero-order valence-electron chi connectivity index (χ0n) is 11.8. The van der Waals surface area contributed by atoms with Crippen LogP contribution in [0.1, 0.15) is 18.9 Å². The lowest BCUT2D eigenvalue weighted by atomic mass is 10.2. The highest BCUT2D eigenvalue weighted by atomic mass is 16.6. The highest BCUT2D eigenvalue weighted by Crippen LogP contribution is 2.38. The van der Waals surface area contributed by atoms with E-state index in [2.05, 4.69) is 5.32 Å². The predicted octanol–water partition coefficient (Wildman–Crippen LogP) is 2.04. The highest BCUT2D eigenvalue weighted by Gasteiger charge is 2.40. The number of amides is 1. The first kappa shape index (κ1) is 15.0. The third-order valence-electron chi connectivity index (χ3n) is 3.45. The molecule has 1 aliphatic carbocycles. The van der Waals surface area contributed by atoms with E-state index in [1.54, 1.807) is 6.92 Å². The molecule has 1 amide bonds.